The number of aromatic nitrogens is 2. The van der Waals surface area contributed by atoms with Crippen LogP contribution in [0.3, 0.4) is 0 Å². The second kappa shape index (κ2) is 6.52. The number of rotatable bonds is 5. The van der Waals surface area contributed by atoms with Crippen LogP contribution >= 0.6 is 11.3 Å². The van der Waals surface area contributed by atoms with Crippen molar-refractivity contribution in [2.45, 2.75) is 31.0 Å². The number of nitrogen functional groups attached to an aromatic ring is 1. The Kier molecular flexibility index (Phi) is 4.62. The van der Waals surface area contributed by atoms with E-state index in [0.29, 0.717) is 41.2 Å². The van der Waals surface area contributed by atoms with Crippen LogP contribution in [0.15, 0.2) is 29.2 Å². The number of nitrogens with zero attached hydrogens (tertiary/aromatic N) is 3. The largest absolute Gasteiger partial charge is 0.374 e. The van der Waals surface area contributed by atoms with Gasteiger partial charge in [-0.25, -0.2) is 8.42 Å². The van der Waals surface area contributed by atoms with Gasteiger partial charge in [-0.2, -0.15) is 4.31 Å². The normalized spacial score (nSPS) is 19.3. The van der Waals surface area contributed by atoms with Crippen LogP contribution in [0.5, 0.6) is 0 Å². The van der Waals surface area contributed by atoms with Gasteiger partial charge >= 0.3 is 0 Å². The SMILES string of the molecule is Cc1ccc(S(=O)(=O)N2CC[C@H](OCc3nnc(N)s3)C2)cc1. The zero-order valence-corrected chi connectivity index (χ0v) is 14.3. The van der Waals surface area contributed by atoms with Gasteiger partial charge in [0.15, 0.2) is 0 Å². The smallest absolute Gasteiger partial charge is 0.243 e. The Morgan fingerprint density at radius 2 is 2.09 bits per heavy atom. The van der Waals surface area contributed by atoms with E-state index < -0.39 is 10.0 Å². The van der Waals surface area contributed by atoms with E-state index in [1.807, 2.05) is 6.92 Å². The highest BCUT2D eigenvalue weighted by atomic mass is 32.2. The average molecular weight is 354 g/mol. The molecule has 2 heterocycles. The number of ether oxygens (including phenoxy) is 1. The van der Waals surface area contributed by atoms with Crippen molar-refractivity contribution in [1.29, 1.82) is 0 Å². The van der Waals surface area contributed by atoms with E-state index in [4.69, 9.17) is 10.5 Å². The maximum atomic E-state index is 12.6. The number of hydrogen-bond donors (Lipinski definition) is 1. The molecule has 0 amide bonds. The molecule has 1 aliphatic rings. The number of sulfonamides is 1. The fourth-order valence-electron chi connectivity index (χ4n) is 2.43. The molecular weight excluding hydrogens is 336 g/mol. The molecule has 124 valence electrons. The quantitative estimate of drug-likeness (QED) is 0.872. The molecule has 0 aliphatic carbocycles. The predicted octanol–water partition coefficient (Wildman–Crippen LogP) is 1.41. The van der Waals surface area contributed by atoms with Crippen molar-refractivity contribution in [1.82, 2.24) is 14.5 Å². The van der Waals surface area contributed by atoms with Crippen LogP contribution in [-0.4, -0.2) is 42.1 Å². The lowest BCUT2D eigenvalue weighted by molar-refractivity contribution is 0.0505. The topological polar surface area (TPSA) is 98.4 Å². The fraction of sp³-hybridized carbons (Fsp3) is 0.429. The Balaban J connectivity index is 1.61. The Labute approximate surface area is 139 Å². The van der Waals surface area contributed by atoms with Gasteiger partial charge in [-0.1, -0.05) is 29.0 Å². The molecule has 0 bridgehead atoms. The second-order valence-corrected chi connectivity index (χ2v) is 8.46. The number of aryl methyl sites for hydroxylation is 1. The summed E-state index contributed by atoms with van der Waals surface area (Å²) in [5, 5.41) is 8.71. The van der Waals surface area contributed by atoms with Crippen LogP contribution in [0.1, 0.15) is 17.0 Å². The van der Waals surface area contributed by atoms with Crippen molar-refractivity contribution in [2.75, 3.05) is 18.8 Å². The van der Waals surface area contributed by atoms with Crippen LogP contribution in [0, 0.1) is 6.92 Å². The van der Waals surface area contributed by atoms with Crippen molar-refractivity contribution < 1.29 is 13.2 Å². The van der Waals surface area contributed by atoms with Crippen molar-refractivity contribution in [3.8, 4) is 0 Å². The lowest BCUT2D eigenvalue weighted by Crippen LogP contribution is -2.30. The first-order valence-electron chi connectivity index (χ1n) is 7.21. The van der Waals surface area contributed by atoms with Gasteiger partial charge in [-0.3, -0.25) is 0 Å². The Morgan fingerprint density at radius 3 is 2.74 bits per heavy atom. The minimum absolute atomic E-state index is 0.139. The van der Waals surface area contributed by atoms with Crippen LogP contribution in [0.25, 0.3) is 0 Å². The monoisotopic (exact) mass is 354 g/mol. The maximum Gasteiger partial charge on any atom is 0.243 e. The molecule has 0 spiro atoms. The van der Waals surface area contributed by atoms with Crippen molar-refractivity contribution in [2.24, 2.45) is 0 Å². The van der Waals surface area contributed by atoms with Gasteiger partial charge in [0, 0.05) is 13.1 Å². The molecule has 1 aromatic carbocycles. The Bertz CT molecular complexity index is 774. The summed E-state index contributed by atoms with van der Waals surface area (Å²) in [6, 6.07) is 6.89. The fourth-order valence-corrected chi connectivity index (χ4v) is 4.44. The summed E-state index contributed by atoms with van der Waals surface area (Å²) in [5.41, 5.74) is 6.55. The first-order chi connectivity index (χ1) is 10.9. The van der Waals surface area contributed by atoms with Gasteiger partial charge in [0.25, 0.3) is 0 Å². The average Bonchev–Trinajstić information content (AvgIpc) is 3.15. The molecule has 23 heavy (non-hydrogen) atoms. The lowest BCUT2D eigenvalue weighted by atomic mass is 10.2. The molecule has 7 nitrogen and oxygen atoms in total. The minimum atomic E-state index is -3.46. The van der Waals surface area contributed by atoms with Crippen LogP contribution < -0.4 is 5.73 Å². The summed E-state index contributed by atoms with van der Waals surface area (Å²) < 4.78 is 32.4. The summed E-state index contributed by atoms with van der Waals surface area (Å²) in [5.74, 6) is 0. The van der Waals surface area contributed by atoms with Gasteiger partial charge in [-0.15, -0.1) is 10.2 Å². The zero-order chi connectivity index (χ0) is 16.4. The maximum absolute atomic E-state index is 12.6. The molecule has 1 fully saturated rings. The van der Waals surface area contributed by atoms with Crippen molar-refractivity contribution in [3.05, 3.63) is 34.8 Å². The number of nitrogens with two attached hydrogens (primary N) is 1. The second-order valence-electron chi connectivity index (χ2n) is 5.43. The zero-order valence-electron chi connectivity index (χ0n) is 12.7. The number of benzene rings is 1. The highest BCUT2D eigenvalue weighted by molar-refractivity contribution is 7.89. The number of anilines is 1. The summed E-state index contributed by atoms with van der Waals surface area (Å²) in [6.45, 7) is 3.04. The van der Waals surface area contributed by atoms with Gasteiger partial charge < -0.3 is 10.5 Å². The standard InChI is InChI=1S/C14H18N4O3S2/c1-10-2-4-12(5-3-10)23(19,20)18-7-6-11(8-18)21-9-13-16-17-14(15)22-13/h2-5,11H,6-9H2,1H3,(H2,15,17)/t11-/m0/s1. The van der Waals surface area contributed by atoms with Gasteiger partial charge in [0.1, 0.15) is 11.6 Å². The third-order valence-corrected chi connectivity index (χ3v) is 6.30. The molecule has 9 heteroatoms. The molecule has 0 unspecified atom stereocenters. The van der Waals surface area contributed by atoms with Crippen LogP contribution in [0.4, 0.5) is 5.13 Å². The third-order valence-electron chi connectivity index (χ3n) is 3.69. The van der Waals surface area contributed by atoms with Crippen molar-refractivity contribution in [3.63, 3.8) is 0 Å². The molecule has 0 saturated carbocycles. The molecule has 2 N–H and O–H groups in total. The summed E-state index contributed by atoms with van der Waals surface area (Å²) >= 11 is 1.27. The molecule has 1 saturated heterocycles. The van der Waals surface area contributed by atoms with Crippen molar-refractivity contribution >= 4 is 26.5 Å². The van der Waals surface area contributed by atoms with E-state index in [-0.39, 0.29) is 6.10 Å². The summed E-state index contributed by atoms with van der Waals surface area (Å²) in [7, 11) is -3.46. The summed E-state index contributed by atoms with van der Waals surface area (Å²) in [4.78, 5) is 0.320. The first-order valence-corrected chi connectivity index (χ1v) is 9.47. The van der Waals surface area contributed by atoms with E-state index in [2.05, 4.69) is 10.2 Å². The molecule has 3 rings (SSSR count). The molecule has 0 radical (unpaired) electrons. The molecule has 1 aliphatic heterocycles. The van der Waals surface area contributed by atoms with Gasteiger partial charge in [0.05, 0.1) is 11.0 Å². The number of hydrogen-bond acceptors (Lipinski definition) is 7. The van der Waals surface area contributed by atoms with E-state index in [1.54, 1.807) is 24.3 Å². The van der Waals surface area contributed by atoms with Crippen LogP contribution in [-0.2, 0) is 21.4 Å². The Hall–Kier alpha value is -1.55. The lowest BCUT2D eigenvalue weighted by Gasteiger charge is -2.16. The highest BCUT2D eigenvalue weighted by Crippen LogP contribution is 2.24. The molecule has 1 atom stereocenters. The minimum Gasteiger partial charge on any atom is -0.374 e. The highest BCUT2D eigenvalue weighted by Gasteiger charge is 2.33. The van der Waals surface area contributed by atoms with E-state index in [1.165, 1.54) is 15.6 Å². The summed E-state index contributed by atoms with van der Waals surface area (Å²) in [6.07, 6.45) is 0.527. The third kappa shape index (κ3) is 3.69. The molecule has 2 aromatic rings. The van der Waals surface area contributed by atoms with E-state index in [9.17, 15) is 8.42 Å². The van der Waals surface area contributed by atoms with E-state index >= 15 is 0 Å². The molecular formula is C14H18N4O3S2. The Morgan fingerprint density at radius 1 is 1.35 bits per heavy atom. The first kappa shape index (κ1) is 16.3. The van der Waals surface area contributed by atoms with Crippen LogP contribution in [0.2, 0.25) is 0 Å². The van der Waals surface area contributed by atoms with Gasteiger partial charge in [-0.05, 0) is 25.5 Å². The molecule has 1 aromatic heterocycles. The van der Waals surface area contributed by atoms with E-state index in [0.717, 1.165) is 5.56 Å². The van der Waals surface area contributed by atoms with Gasteiger partial charge in [0.2, 0.25) is 15.2 Å². The predicted molar refractivity (Wildman–Crippen MR) is 87.5 cm³/mol.